The van der Waals surface area contributed by atoms with Gasteiger partial charge in [0.05, 0.1) is 0 Å². The predicted octanol–water partition coefficient (Wildman–Crippen LogP) is 5.31. The Kier molecular flexibility index (Phi) is 6.21. The van der Waals surface area contributed by atoms with Crippen molar-refractivity contribution in [3.63, 3.8) is 0 Å². The molecule has 3 aromatic rings. The molecule has 0 amide bonds. The largest absolute Gasteiger partial charge is 0.416 e. The summed E-state index contributed by atoms with van der Waals surface area (Å²) in [7, 11) is -2.02. The second-order valence-corrected chi connectivity index (χ2v) is 10.3. The van der Waals surface area contributed by atoms with Crippen LogP contribution in [0.4, 0.5) is 0 Å². The standard InChI is InChI=1S/C23H26OSi/c1-2-24-25(18-21-12-6-3-7-13-21,19-22-14-8-4-9-15-22)20-23-16-10-5-11-17-23/h3-17H,2,18-20H2,1H3. The summed E-state index contributed by atoms with van der Waals surface area (Å²) in [5.74, 6) is 0. The third kappa shape index (κ3) is 5.15. The Morgan fingerprint density at radius 2 is 0.880 bits per heavy atom. The van der Waals surface area contributed by atoms with Gasteiger partial charge in [0, 0.05) is 6.61 Å². The molecular formula is C23H26OSi. The van der Waals surface area contributed by atoms with Crippen LogP contribution < -0.4 is 0 Å². The first-order valence-corrected chi connectivity index (χ1v) is 11.6. The van der Waals surface area contributed by atoms with Crippen LogP contribution >= 0.6 is 0 Å². The molecule has 0 atom stereocenters. The highest BCUT2D eigenvalue weighted by molar-refractivity contribution is 6.72. The maximum absolute atomic E-state index is 6.58. The quantitative estimate of drug-likeness (QED) is 0.502. The van der Waals surface area contributed by atoms with Gasteiger partial charge in [0.25, 0.3) is 0 Å². The van der Waals surface area contributed by atoms with Crippen molar-refractivity contribution < 1.29 is 4.43 Å². The van der Waals surface area contributed by atoms with Crippen LogP contribution in [0.5, 0.6) is 0 Å². The average Bonchev–Trinajstić information content (AvgIpc) is 2.64. The Labute approximate surface area is 152 Å². The van der Waals surface area contributed by atoms with Crippen LogP contribution in [0.3, 0.4) is 0 Å². The third-order valence-electron chi connectivity index (χ3n) is 4.56. The van der Waals surface area contributed by atoms with Crippen molar-refractivity contribution >= 4 is 8.32 Å². The molecule has 3 rings (SSSR count). The Morgan fingerprint density at radius 3 is 1.16 bits per heavy atom. The first-order valence-electron chi connectivity index (χ1n) is 9.05. The van der Waals surface area contributed by atoms with E-state index in [9.17, 15) is 0 Å². The molecule has 0 heterocycles. The maximum atomic E-state index is 6.58. The molecule has 0 saturated heterocycles. The summed E-state index contributed by atoms with van der Waals surface area (Å²) in [4.78, 5) is 0. The van der Waals surface area contributed by atoms with Crippen LogP contribution in [-0.4, -0.2) is 14.9 Å². The third-order valence-corrected chi connectivity index (χ3v) is 8.62. The fraction of sp³-hybridized carbons (Fsp3) is 0.217. The molecule has 128 valence electrons. The minimum absolute atomic E-state index is 0.777. The lowest BCUT2D eigenvalue weighted by Gasteiger charge is -2.32. The molecule has 0 fully saturated rings. The van der Waals surface area contributed by atoms with E-state index in [-0.39, 0.29) is 0 Å². The van der Waals surface area contributed by atoms with Crippen LogP contribution in [0.1, 0.15) is 23.6 Å². The van der Waals surface area contributed by atoms with Crippen LogP contribution in [-0.2, 0) is 22.6 Å². The van der Waals surface area contributed by atoms with E-state index < -0.39 is 8.32 Å². The molecule has 2 heteroatoms. The summed E-state index contributed by atoms with van der Waals surface area (Å²) >= 11 is 0. The van der Waals surface area contributed by atoms with Gasteiger partial charge in [0.15, 0.2) is 0 Å². The molecule has 3 aromatic carbocycles. The molecule has 1 nitrogen and oxygen atoms in total. The Bertz CT molecular complexity index is 639. The van der Waals surface area contributed by atoms with Gasteiger partial charge < -0.3 is 4.43 Å². The predicted molar refractivity (Wildman–Crippen MR) is 108 cm³/mol. The van der Waals surface area contributed by atoms with Gasteiger partial charge in [-0.3, -0.25) is 0 Å². The Morgan fingerprint density at radius 1 is 0.560 bits per heavy atom. The summed E-state index contributed by atoms with van der Waals surface area (Å²) < 4.78 is 6.58. The first-order chi connectivity index (χ1) is 12.3. The van der Waals surface area contributed by atoms with E-state index in [2.05, 4.69) is 97.9 Å². The molecule has 0 spiro atoms. The van der Waals surface area contributed by atoms with Crippen molar-refractivity contribution in [1.29, 1.82) is 0 Å². The van der Waals surface area contributed by atoms with Crippen LogP contribution in [0.25, 0.3) is 0 Å². The van der Waals surface area contributed by atoms with Crippen LogP contribution in [0.2, 0.25) is 0 Å². The van der Waals surface area contributed by atoms with Gasteiger partial charge in [-0.15, -0.1) is 0 Å². The molecule has 0 aromatic heterocycles. The highest BCUT2D eigenvalue weighted by atomic mass is 28.4. The van der Waals surface area contributed by atoms with Crippen molar-refractivity contribution in [2.75, 3.05) is 6.61 Å². The number of rotatable bonds is 8. The van der Waals surface area contributed by atoms with Crippen molar-refractivity contribution in [3.05, 3.63) is 108 Å². The monoisotopic (exact) mass is 346 g/mol. The molecule has 0 saturated carbocycles. The van der Waals surface area contributed by atoms with Crippen molar-refractivity contribution in [1.82, 2.24) is 0 Å². The normalized spacial score (nSPS) is 11.4. The summed E-state index contributed by atoms with van der Waals surface area (Å²) in [6, 6.07) is 35.6. The Hall–Kier alpha value is -2.16. The highest BCUT2D eigenvalue weighted by Gasteiger charge is 2.35. The topological polar surface area (TPSA) is 9.23 Å². The molecule has 0 bridgehead atoms. The highest BCUT2D eigenvalue weighted by Crippen LogP contribution is 2.24. The zero-order chi connectivity index (χ0) is 17.4. The van der Waals surface area contributed by atoms with Gasteiger partial charge >= 0.3 is 0 Å². The van der Waals surface area contributed by atoms with Gasteiger partial charge in [-0.1, -0.05) is 91.0 Å². The molecule has 0 radical (unpaired) electrons. The van der Waals surface area contributed by atoms with Crippen molar-refractivity contribution in [2.45, 2.75) is 25.1 Å². The van der Waals surface area contributed by atoms with Gasteiger partial charge in [0.2, 0.25) is 8.32 Å². The zero-order valence-corrected chi connectivity index (χ0v) is 15.9. The molecular weight excluding hydrogens is 320 g/mol. The molecule has 25 heavy (non-hydrogen) atoms. The van der Waals surface area contributed by atoms with E-state index in [1.54, 1.807) is 0 Å². The van der Waals surface area contributed by atoms with E-state index in [1.165, 1.54) is 16.7 Å². The van der Waals surface area contributed by atoms with E-state index >= 15 is 0 Å². The Balaban J connectivity index is 1.94. The second-order valence-electron chi connectivity index (χ2n) is 6.60. The summed E-state index contributed by atoms with van der Waals surface area (Å²) in [5, 5.41) is 0. The van der Waals surface area contributed by atoms with Gasteiger partial charge in [0.1, 0.15) is 0 Å². The lowest BCUT2D eigenvalue weighted by molar-refractivity contribution is 0.316. The fourth-order valence-corrected chi connectivity index (χ4v) is 7.78. The van der Waals surface area contributed by atoms with Gasteiger partial charge in [-0.05, 0) is 41.7 Å². The van der Waals surface area contributed by atoms with Gasteiger partial charge in [-0.25, -0.2) is 0 Å². The summed E-state index contributed by atoms with van der Waals surface area (Å²) in [6.45, 7) is 2.90. The second kappa shape index (κ2) is 8.79. The lowest BCUT2D eigenvalue weighted by atomic mass is 10.2. The SMILES string of the molecule is CCO[Si](Cc1ccccc1)(Cc1ccccc1)Cc1ccccc1. The van der Waals surface area contributed by atoms with Crippen molar-refractivity contribution in [2.24, 2.45) is 0 Å². The number of hydrogen-bond acceptors (Lipinski definition) is 1. The zero-order valence-electron chi connectivity index (χ0n) is 14.9. The lowest BCUT2D eigenvalue weighted by Crippen LogP contribution is -2.47. The molecule has 0 N–H and O–H groups in total. The fourth-order valence-electron chi connectivity index (χ4n) is 3.55. The van der Waals surface area contributed by atoms with E-state index in [0.29, 0.717) is 0 Å². The minimum Gasteiger partial charge on any atom is -0.416 e. The minimum atomic E-state index is -2.02. The van der Waals surface area contributed by atoms with Gasteiger partial charge in [-0.2, -0.15) is 0 Å². The molecule has 0 aliphatic carbocycles. The molecule has 0 aliphatic heterocycles. The molecule has 0 aliphatic rings. The maximum Gasteiger partial charge on any atom is 0.205 e. The van der Waals surface area contributed by atoms with E-state index in [4.69, 9.17) is 4.43 Å². The average molecular weight is 347 g/mol. The first kappa shape index (κ1) is 17.7. The van der Waals surface area contributed by atoms with Crippen LogP contribution in [0, 0.1) is 0 Å². The number of benzene rings is 3. The smallest absolute Gasteiger partial charge is 0.205 e. The summed E-state index contributed by atoms with van der Waals surface area (Å²) in [6.07, 6.45) is 0. The van der Waals surface area contributed by atoms with E-state index in [0.717, 1.165) is 24.7 Å². The van der Waals surface area contributed by atoms with E-state index in [1.807, 2.05) is 0 Å². The number of hydrogen-bond donors (Lipinski definition) is 0. The van der Waals surface area contributed by atoms with Crippen LogP contribution in [0.15, 0.2) is 91.0 Å². The molecule has 0 unspecified atom stereocenters. The van der Waals surface area contributed by atoms with Crippen molar-refractivity contribution in [3.8, 4) is 0 Å². The summed E-state index contributed by atoms with van der Waals surface area (Å²) in [5.41, 5.74) is 4.15.